The van der Waals surface area contributed by atoms with Crippen molar-refractivity contribution < 1.29 is 9.53 Å². The van der Waals surface area contributed by atoms with Gasteiger partial charge in [0.1, 0.15) is 16.8 Å². The smallest absolute Gasteiger partial charge is 0.236 e. The second-order valence-corrected chi connectivity index (χ2v) is 7.76. The van der Waals surface area contributed by atoms with Crippen LogP contribution in [0.2, 0.25) is 0 Å². The molecule has 2 aromatic rings. The molecule has 0 radical (unpaired) electrons. The van der Waals surface area contributed by atoms with Crippen LogP contribution in [0.1, 0.15) is 38.2 Å². The molecule has 0 saturated carbocycles. The lowest BCUT2D eigenvalue weighted by molar-refractivity contribution is -0.121. The molecule has 1 amide bonds. The van der Waals surface area contributed by atoms with Crippen molar-refractivity contribution in [2.75, 3.05) is 18.6 Å². The van der Waals surface area contributed by atoms with Crippen LogP contribution in [0.3, 0.4) is 0 Å². The normalized spacial score (nSPS) is 19.0. The molecule has 26 heavy (non-hydrogen) atoms. The van der Waals surface area contributed by atoms with E-state index < -0.39 is 0 Å². The summed E-state index contributed by atoms with van der Waals surface area (Å²) >= 11 is 1.44. The Kier molecular flexibility index (Phi) is 5.70. The van der Waals surface area contributed by atoms with Gasteiger partial charge >= 0.3 is 0 Å². The Bertz CT molecular complexity index is 759. The molecule has 0 aliphatic carbocycles. The third-order valence-corrected chi connectivity index (χ3v) is 5.31. The first kappa shape index (κ1) is 18.6. The van der Waals surface area contributed by atoms with Crippen LogP contribution in [-0.2, 0) is 4.79 Å². The number of hydrogen-bond acceptors (Lipinski definition) is 6. The number of amides is 1. The number of nitrogens with one attached hydrogen (secondary N) is 2. The van der Waals surface area contributed by atoms with Crippen molar-refractivity contribution in [2.24, 2.45) is 5.92 Å². The van der Waals surface area contributed by atoms with Gasteiger partial charge in [-0.15, -0.1) is 10.2 Å². The predicted molar refractivity (Wildman–Crippen MR) is 102 cm³/mol. The quantitative estimate of drug-likeness (QED) is 0.807. The minimum absolute atomic E-state index is 0.00184. The van der Waals surface area contributed by atoms with Gasteiger partial charge in [-0.25, -0.2) is 4.68 Å². The molecule has 1 aromatic carbocycles. The van der Waals surface area contributed by atoms with E-state index in [4.69, 9.17) is 4.74 Å². The Labute approximate surface area is 157 Å². The van der Waals surface area contributed by atoms with Crippen LogP contribution in [0.25, 0.3) is 0 Å². The minimum Gasteiger partial charge on any atom is -0.494 e. The van der Waals surface area contributed by atoms with Crippen LogP contribution in [0.5, 0.6) is 5.75 Å². The van der Waals surface area contributed by atoms with Crippen molar-refractivity contribution in [1.82, 2.24) is 20.2 Å². The third kappa shape index (κ3) is 3.95. The molecule has 2 atom stereocenters. The summed E-state index contributed by atoms with van der Waals surface area (Å²) in [5.74, 6) is 1.99. The van der Waals surface area contributed by atoms with E-state index >= 15 is 0 Å². The Morgan fingerprint density at radius 1 is 1.35 bits per heavy atom. The number of carbonyl (C=O) groups is 1. The SMILES string of the molecule is CCOc1ccc([C@H]2Nn3c(C)nnc3S[C@@H]2C(=O)NCC(C)C)cc1. The number of benzene rings is 1. The van der Waals surface area contributed by atoms with Crippen LogP contribution in [0, 0.1) is 12.8 Å². The molecule has 2 heterocycles. The molecule has 7 nitrogen and oxygen atoms in total. The first-order chi connectivity index (χ1) is 12.5. The fourth-order valence-corrected chi connectivity index (χ4v) is 3.90. The maximum Gasteiger partial charge on any atom is 0.236 e. The highest BCUT2D eigenvalue weighted by atomic mass is 32.2. The number of ether oxygens (including phenoxy) is 1. The summed E-state index contributed by atoms with van der Waals surface area (Å²) in [7, 11) is 0. The number of aryl methyl sites for hydroxylation is 1. The third-order valence-electron chi connectivity index (χ3n) is 4.09. The molecule has 1 aliphatic heterocycles. The van der Waals surface area contributed by atoms with Gasteiger partial charge in [0.2, 0.25) is 11.1 Å². The molecule has 3 rings (SSSR count). The van der Waals surface area contributed by atoms with Crippen molar-refractivity contribution >= 4 is 17.7 Å². The second kappa shape index (κ2) is 7.99. The lowest BCUT2D eigenvalue weighted by Gasteiger charge is -2.33. The van der Waals surface area contributed by atoms with Gasteiger partial charge in [0, 0.05) is 6.54 Å². The number of thioether (sulfide) groups is 1. The van der Waals surface area contributed by atoms with Crippen LogP contribution in [0.4, 0.5) is 0 Å². The molecule has 8 heteroatoms. The van der Waals surface area contributed by atoms with E-state index in [0.717, 1.165) is 17.1 Å². The average Bonchev–Trinajstić information content (AvgIpc) is 3.00. The van der Waals surface area contributed by atoms with Crippen LogP contribution >= 0.6 is 11.8 Å². The highest BCUT2D eigenvalue weighted by molar-refractivity contribution is 8.00. The number of hydrogen-bond donors (Lipinski definition) is 2. The summed E-state index contributed by atoms with van der Waals surface area (Å²) in [6.45, 7) is 9.28. The monoisotopic (exact) mass is 375 g/mol. The summed E-state index contributed by atoms with van der Waals surface area (Å²) in [4.78, 5) is 12.8. The molecule has 140 valence electrons. The van der Waals surface area contributed by atoms with Crippen molar-refractivity contribution in [3.63, 3.8) is 0 Å². The summed E-state index contributed by atoms with van der Waals surface area (Å²) in [5, 5.41) is 11.7. The van der Waals surface area contributed by atoms with E-state index in [0.29, 0.717) is 24.2 Å². The molecule has 0 saturated heterocycles. The molecule has 0 spiro atoms. The van der Waals surface area contributed by atoms with Gasteiger partial charge in [0.25, 0.3) is 0 Å². The number of fused-ring (bicyclic) bond motifs is 1. The lowest BCUT2D eigenvalue weighted by atomic mass is 10.0. The van der Waals surface area contributed by atoms with Gasteiger partial charge in [-0.2, -0.15) is 0 Å². The van der Waals surface area contributed by atoms with E-state index in [1.807, 2.05) is 42.8 Å². The Morgan fingerprint density at radius 3 is 2.73 bits per heavy atom. The maximum atomic E-state index is 12.8. The first-order valence-corrected chi connectivity index (χ1v) is 9.73. The summed E-state index contributed by atoms with van der Waals surface area (Å²) in [5.41, 5.74) is 4.42. The average molecular weight is 375 g/mol. The highest BCUT2D eigenvalue weighted by Crippen LogP contribution is 2.37. The van der Waals surface area contributed by atoms with Gasteiger partial charge in [0.05, 0.1) is 12.6 Å². The maximum absolute atomic E-state index is 12.8. The Morgan fingerprint density at radius 2 is 2.08 bits per heavy atom. The van der Waals surface area contributed by atoms with E-state index in [1.54, 1.807) is 0 Å². The van der Waals surface area contributed by atoms with Gasteiger partial charge in [-0.05, 0) is 37.5 Å². The highest BCUT2D eigenvalue weighted by Gasteiger charge is 2.37. The fourth-order valence-electron chi connectivity index (χ4n) is 2.75. The topological polar surface area (TPSA) is 81.1 Å². The Balaban J connectivity index is 1.87. The fraction of sp³-hybridized carbons (Fsp3) is 0.500. The molecule has 0 bridgehead atoms. The number of nitrogens with zero attached hydrogens (tertiary/aromatic N) is 3. The standard InChI is InChI=1S/C18H25N5O2S/c1-5-25-14-8-6-13(7-9-14)15-16(17(24)19-10-11(2)3)26-18-21-20-12(4)23(18)22-15/h6-9,11,15-16,22H,5,10H2,1-4H3,(H,19,24)/t15-,16+/m1/s1. The van der Waals surface area contributed by atoms with Crippen molar-refractivity contribution in [3.05, 3.63) is 35.7 Å². The largest absolute Gasteiger partial charge is 0.494 e. The molecular formula is C18H25N5O2S. The van der Waals surface area contributed by atoms with Gasteiger partial charge in [-0.1, -0.05) is 37.7 Å². The van der Waals surface area contributed by atoms with Crippen molar-refractivity contribution in [1.29, 1.82) is 0 Å². The van der Waals surface area contributed by atoms with Crippen LogP contribution < -0.4 is 15.5 Å². The van der Waals surface area contributed by atoms with Crippen molar-refractivity contribution in [2.45, 2.75) is 44.1 Å². The van der Waals surface area contributed by atoms with Crippen LogP contribution in [0.15, 0.2) is 29.4 Å². The zero-order valence-electron chi connectivity index (χ0n) is 15.5. The van der Waals surface area contributed by atoms with Gasteiger partial charge < -0.3 is 15.5 Å². The van der Waals surface area contributed by atoms with Gasteiger partial charge in [0.15, 0.2) is 0 Å². The zero-order chi connectivity index (χ0) is 18.7. The molecule has 1 aromatic heterocycles. The minimum atomic E-state index is -0.331. The molecular weight excluding hydrogens is 350 g/mol. The molecule has 0 unspecified atom stereocenters. The second-order valence-electron chi connectivity index (χ2n) is 6.65. The Hall–Kier alpha value is -2.22. The number of carbonyl (C=O) groups excluding carboxylic acids is 1. The van der Waals surface area contributed by atoms with Gasteiger partial charge in [-0.3, -0.25) is 4.79 Å². The van der Waals surface area contributed by atoms with E-state index in [-0.39, 0.29) is 17.2 Å². The predicted octanol–water partition coefficient (Wildman–Crippen LogP) is 2.52. The number of aromatic nitrogens is 3. The van der Waals surface area contributed by atoms with E-state index in [9.17, 15) is 4.79 Å². The first-order valence-electron chi connectivity index (χ1n) is 8.85. The number of rotatable bonds is 6. The van der Waals surface area contributed by atoms with Crippen LogP contribution in [-0.4, -0.2) is 39.2 Å². The van der Waals surface area contributed by atoms with E-state index in [1.165, 1.54) is 11.8 Å². The molecule has 2 N–H and O–H groups in total. The van der Waals surface area contributed by atoms with Crippen molar-refractivity contribution in [3.8, 4) is 5.75 Å². The summed E-state index contributed by atoms with van der Waals surface area (Å²) in [6.07, 6.45) is 0. The molecule has 1 aliphatic rings. The zero-order valence-corrected chi connectivity index (χ0v) is 16.3. The molecule has 0 fully saturated rings. The summed E-state index contributed by atoms with van der Waals surface area (Å²) < 4.78 is 7.37. The lowest BCUT2D eigenvalue weighted by Crippen LogP contribution is -2.44. The summed E-state index contributed by atoms with van der Waals surface area (Å²) in [6, 6.07) is 7.67. The van der Waals surface area contributed by atoms with E-state index in [2.05, 4.69) is 34.8 Å².